The largest absolute Gasteiger partial charge is 0.459 e. The van der Waals surface area contributed by atoms with E-state index in [1.54, 1.807) is 35.2 Å². The van der Waals surface area contributed by atoms with Crippen molar-refractivity contribution in [2.24, 2.45) is 0 Å². The first kappa shape index (κ1) is 29.5. The van der Waals surface area contributed by atoms with E-state index in [9.17, 15) is 14.4 Å². The summed E-state index contributed by atoms with van der Waals surface area (Å²) in [6, 6.07) is 16.4. The van der Waals surface area contributed by atoms with Crippen LogP contribution in [0, 0.1) is 6.92 Å². The Bertz CT molecular complexity index is 1340. The Morgan fingerprint density at radius 3 is 2.27 bits per heavy atom. The van der Waals surface area contributed by atoms with Gasteiger partial charge in [-0.2, -0.15) is 0 Å². The number of anilines is 3. The van der Waals surface area contributed by atoms with Gasteiger partial charge < -0.3 is 35.3 Å². The Kier molecular flexibility index (Phi) is 9.54. The number of ether oxygens (including phenoxy) is 1. The fourth-order valence-electron chi connectivity index (χ4n) is 4.50. The number of hydrogen-bond donors (Lipinski definition) is 4. The monoisotopic (exact) mass is 561 g/mol. The maximum Gasteiger partial charge on any atom is 0.410 e. The summed E-state index contributed by atoms with van der Waals surface area (Å²) in [7, 11) is 0. The van der Waals surface area contributed by atoms with Gasteiger partial charge in [-0.15, -0.1) is 0 Å². The van der Waals surface area contributed by atoms with E-state index >= 15 is 0 Å². The number of nitrogens with one attached hydrogen (secondary N) is 4. The Labute approximate surface area is 240 Å². The van der Waals surface area contributed by atoms with Crippen LogP contribution in [0.3, 0.4) is 0 Å². The number of rotatable bonds is 9. The zero-order valence-electron chi connectivity index (χ0n) is 24.1. The molecule has 1 aromatic heterocycles. The van der Waals surface area contributed by atoms with Crippen LogP contribution in [0.2, 0.25) is 0 Å². The second-order valence-electron chi connectivity index (χ2n) is 11.1. The summed E-state index contributed by atoms with van der Waals surface area (Å²) in [6.45, 7) is 9.81. The molecule has 4 rings (SSSR count). The Balaban J connectivity index is 1.38. The first-order chi connectivity index (χ1) is 19.6. The summed E-state index contributed by atoms with van der Waals surface area (Å²) in [5.74, 6) is -0.492. The van der Waals surface area contributed by atoms with Crippen LogP contribution in [0.15, 0.2) is 65.3 Å². The molecule has 10 nitrogen and oxygen atoms in total. The van der Waals surface area contributed by atoms with Gasteiger partial charge in [0.1, 0.15) is 5.60 Å². The number of aryl methyl sites for hydroxylation is 1. The lowest BCUT2D eigenvalue weighted by molar-refractivity contribution is 0.0199. The molecule has 0 bridgehead atoms. The van der Waals surface area contributed by atoms with Gasteiger partial charge in [-0.3, -0.25) is 9.59 Å². The van der Waals surface area contributed by atoms with Crippen molar-refractivity contribution in [3.8, 4) is 0 Å². The van der Waals surface area contributed by atoms with Gasteiger partial charge in [0.05, 0.1) is 17.6 Å². The van der Waals surface area contributed by atoms with Crippen LogP contribution < -0.4 is 21.3 Å². The van der Waals surface area contributed by atoms with Crippen LogP contribution in [0.1, 0.15) is 60.1 Å². The fraction of sp³-hybridized carbons (Fsp3) is 0.387. The number of furan rings is 1. The molecule has 41 heavy (non-hydrogen) atoms. The van der Waals surface area contributed by atoms with Crippen molar-refractivity contribution in [1.82, 2.24) is 10.2 Å². The van der Waals surface area contributed by atoms with Crippen molar-refractivity contribution in [2.75, 3.05) is 42.1 Å². The minimum absolute atomic E-state index is 0.0762. The second-order valence-corrected chi connectivity index (χ2v) is 11.1. The van der Waals surface area contributed by atoms with Gasteiger partial charge in [-0.25, -0.2) is 4.79 Å². The highest BCUT2D eigenvalue weighted by Crippen LogP contribution is 2.25. The Morgan fingerprint density at radius 1 is 0.902 bits per heavy atom. The summed E-state index contributed by atoms with van der Waals surface area (Å²) in [5.41, 5.74) is 3.23. The summed E-state index contributed by atoms with van der Waals surface area (Å²) >= 11 is 0. The van der Waals surface area contributed by atoms with Crippen molar-refractivity contribution in [2.45, 2.75) is 52.2 Å². The molecular weight excluding hydrogens is 522 g/mol. The van der Waals surface area contributed by atoms with Crippen molar-refractivity contribution in [1.29, 1.82) is 0 Å². The van der Waals surface area contributed by atoms with E-state index < -0.39 is 11.5 Å². The smallest absolute Gasteiger partial charge is 0.410 e. The summed E-state index contributed by atoms with van der Waals surface area (Å²) in [6.07, 6.45) is 2.35. The highest BCUT2D eigenvalue weighted by atomic mass is 16.6. The van der Waals surface area contributed by atoms with Crippen LogP contribution in [0.5, 0.6) is 0 Å². The van der Waals surface area contributed by atoms with Gasteiger partial charge in [0.2, 0.25) is 0 Å². The number of carbonyl (C=O) groups is 3. The minimum Gasteiger partial charge on any atom is -0.459 e. The number of benzene rings is 2. The van der Waals surface area contributed by atoms with Gasteiger partial charge in [0, 0.05) is 43.5 Å². The molecule has 0 aliphatic carbocycles. The van der Waals surface area contributed by atoms with Crippen LogP contribution in [-0.4, -0.2) is 60.6 Å². The molecule has 1 aliphatic rings. The highest BCUT2D eigenvalue weighted by Gasteiger charge is 2.28. The van der Waals surface area contributed by atoms with Crippen LogP contribution in [0.25, 0.3) is 0 Å². The molecule has 1 fully saturated rings. The van der Waals surface area contributed by atoms with Crippen molar-refractivity contribution in [3.63, 3.8) is 0 Å². The van der Waals surface area contributed by atoms with E-state index in [2.05, 4.69) is 21.3 Å². The molecule has 0 atom stereocenters. The van der Waals surface area contributed by atoms with E-state index in [4.69, 9.17) is 9.15 Å². The molecule has 2 aromatic carbocycles. The average molecular weight is 562 g/mol. The predicted octanol–water partition coefficient (Wildman–Crippen LogP) is 5.49. The molecule has 3 aromatic rings. The van der Waals surface area contributed by atoms with Crippen LogP contribution in [-0.2, 0) is 4.74 Å². The van der Waals surface area contributed by atoms with Gasteiger partial charge >= 0.3 is 6.09 Å². The lowest BCUT2D eigenvalue weighted by Gasteiger charge is -2.33. The topological polar surface area (TPSA) is 125 Å². The average Bonchev–Trinajstić information content (AvgIpc) is 3.47. The molecule has 3 amide bonds. The maximum atomic E-state index is 13.2. The number of nitrogens with zero attached hydrogens (tertiary/aromatic N) is 1. The molecule has 4 N–H and O–H groups in total. The first-order valence-corrected chi connectivity index (χ1v) is 13.9. The van der Waals surface area contributed by atoms with Gasteiger partial charge in [0.25, 0.3) is 11.8 Å². The summed E-state index contributed by atoms with van der Waals surface area (Å²) in [5, 5.41) is 12.7. The predicted molar refractivity (Wildman–Crippen MR) is 160 cm³/mol. The number of carbonyl (C=O) groups excluding carboxylic acids is 3. The fourth-order valence-corrected chi connectivity index (χ4v) is 4.50. The molecule has 2 heterocycles. The molecule has 10 heteroatoms. The summed E-state index contributed by atoms with van der Waals surface area (Å²) in [4.78, 5) is 40.0. The van der Waals surface area contributed by atoms with E-state index in [0.717, 1.165) is 11.3 Å². The number of amides is 3. The number of para-hydroxylation sites is 1. The SMILES string of the molecule is Cc1ccccc1NCCNc1ccc(C(=O)NC2CCN(C(=O)OC(C)(C)C)CC2)cc1NC(=O)c1ccco1. The van der Waals surface area contributed by atoms with Crippen molar-refractivity contribution in [3.05, 3.63) is 77.7 Å². The molecule has 1 aliphatic heterocycles. The van der Waals surface area contributed by atoms with Gasteiger partial charge in [-0.05, 0) is 82.5 Å². The number of hydrogen-bond acceptors (Lipinski definition) is 7. The quantitative estimate of drug-likeness (QED) is 0.255. The van der Waals surface area contributed by atoms with Crippen LogP contribution in [0.4, 0.5) is 21.9 Å². The van der Waals surface area contributed by atoms with Gasteiger partial charge in [0.15, 0.2) is 5.76 Å². The molecule has 218 valence electrons. The van der Waals surface area contributed by atoms with Crippen molar-refractivity contribution >= 4 is 35.0 Å². The minimum atomic E-state index is -0.551. The molecule has 0 spiro atoms. The molecule has 0 unspecified atom stereocenters. The third-order valence-corrected chi connectivity index (χ3v) is 6.66. The Hall–Kier alpha value is -4.47. The molecule has 1 saturated heterocycles. The molecule has 0 radical (unpaired) electrons. The number of likely N-dealkylation sites (tertiary alicyclic amines) is 1. The number of piperidine rings is 1. The van der Waals surface area contributed by atoms with Crippen LogP contribution >= 0.6 is 0 Å². The highest BCUT2D eigenvalue weighted by molar-refractivity contribution is 6.05. The maximum absolute atomic E-state index is 13.2. The van der Waals surface area contributed by atoms with Crippen molar-refractivity contribution < 1.29 is 23.5 Å². The van der Waals surface area contributed by atoms with E-state index in [0.29, 0.717) is 56.0 Å². The van der Waals surface area contributed by atoms with E-state index in [1.807, 2.05) is 52.0 Å². The van der Waals surface area contributed by atoms with E-state index in [-0.39, 0.29) is 23.8 Å². The van der Waals surface area contributed by atoms with E-state index in [1.165, 1.54) is 6.26 Å². The third kappa shape index (κ3) is 8.51. The summed E-state index contributed by atoms with van der Waals surface area (Å²) < 4.78 is 10.7. The second kappa shape index (κ2) is 13.3. The first-order valence-electron chi connectivity index (χ1n) is 13.9. The lowest BCUT2D eigenvalue weighted by atomic mass is 10.0. The third-order valence-electron chi connectivity index (χ3n) is 6.66. The normalized spacial score (nSPS) is 13.8. The zero-order valence-corrected chi connectivity index (χ0v) is 24.1. The standard InChI is InChI=1S/C31H39N5O5/c1-21-8-5-6-9-24(21)32-15-16-33-25-12-11-22(20-26(25)35-29(38)27-10-7-19-40-27)28(37)34-23-13-17-36(18-14-23)30(39)41-31(2,3)4/h5-12,19-20,23,32-33H,13-18H2,1-4H3,(H,34,37)(H,35,38). The zero-order chi connectivity index (χ0) is 29.4. The lowest BCUT2D eigenvalue weighted by Crippen LogP contribution is -2.47. The van der Waals surface area contributed by atoms with Gasteiger partial charge in [-0.1, -0.05) is 18.2 Å². The molecule has 0 saturated carbocycles. The Morgan fingerprint density at radius 2 is 1.61 bits per heavy atom. The molecular formula is C31H39N5O5.